The molecule has 0 spiro atoms. The maximum absolute atomic E-state index is 12.5. The molecule has 23 heavy (non-hydrogen) atoms. The minimum atomic E-state index is -0.168. The molecule has 0 aromatic carbocycles. The Morgan fingerprint density at radius 2 is 2.43 bits per heavy atom. The molecule has 124 valence electrons. The fraction of sp³-hybridized carbons (Fsp3) is 0.562. The normalized spacial score (nSPS) is 20.3. The van der Waals surface area contributed by atoms with Crippen molar-refractivity contribution in [3.05, 3.63) is 36.8 Å². The second-order valence-corrected chi connectivity index (χ2v) is 5.98. The Kier molecular flexibility index (Phi) is 5.07. The summed E-state index contributed by atoms with van der Waals surface area (Å²) in [6.07, 6.45) is 8.29. The van der Waals surface area contributed by atoms with E-state index in [2.05, 4.69) is 20.3 Å². The Morgan fingerprint density at radius 1 is 1.52 bits per heavy atom. The summed E-state index contributed by atoms with van der Waals surface area (Å²) in [6, 6.07) is 3.83. The highest BCUT2D eigenvalue weighted by Gasteiger charge is 2.30. The molecule has 2 unspecified atom stereocenters. The highest BCUT2D eigenvalue weighted by Crippen LogP contribution is 2.21. The summed E-state index contributed by atoms with van der Waals surface area (Å²) < 4.78 is 7.10. The van der Waals surface area contributed by atoms with E-state index in [4.69, 9.17) is 4.42 Å². The number of likely N-dealkylation sites (tertiary alicyclic amines) is 1. The Hall–Kier alpha value is -2.15. The molecule has 1 amide bonds. The van der Waals surface area contributed by atoms with Crippen LogP contribution >= 0.6 is 0 Å². The summed E-state index contributed by atoms with van der Waals surface area (Å²) in [5, 5.41) is 7.14. The molecule has 2 atom stereocenters. The van der Waals surface area contributed by atoms with E-state index in [0.29, 0.717) is 12.6 Å². The number of aromatic nitrogens is 3. The number of carbonyl (C=O) groups is 1. The van der Waals surface area contributed by atoms with Crippen LogP contribution < -0.4 is 5.32 Å². The van der Waals surface area contributed by atoms with Crippen molar-refractivity contribution in [2.45, 2.75) is 51.4 Å². The zero-order chi connectivity index (χ0) is 16.1. The van der Waals surface area contributed by atoms with Gasteiger partial charge in [-0.3, -0.25) is 14.4 Å². The van der Waals surface area contributed by atoms with Crippen LogP contribution in [0.3, 0.4) is 0 Å². The number of nitrogens with zero attached hydrogens (tertiary/aromatic N) is 4. The number of nitrogens with one attached hydrogen (secondary N) is 1. The Balaban J connectivity index is 1.58. The van der Waals surface area contributed by atoms with Crippen LogP contribution in [-0.4, -0.2) is 44.2 Å². The molecule has 0 bridgehead atoms. The number of rotatable bonds is 6. The third-order valence-electron chi connectivity index (χ3n) is 4.43. The molecule has 1 N–H and O–H groups in total. The van der Waals surface area contributed by atoms with Crippen molar-refractivity contribution in [3.8, 4) is 0 Å². The molecule has 3 heterocycles. The van der Waals surface area contributed by atoms with E-state index in [1.165, 1.54) is 6.42 Å². The molecule has 0 aliphatic carbocycles. The van der Waals surface area contributed by atoms with Crippen molar-refractivity contribution in [1.29, 1.82) is 0 Å². The lowest BCUT2D eigenvalue weighted by molar-refractivity contribution is -0.127. The third kappa shape index (κ3) is 3.98. The molecule has 1 fully saturated rings. The molecule has 1 aliphatic heterocycles. The molecular weight excluding hydrogens is 294 g/mol. The highest BCUT2D eigenvalue weighted by atomic mass is 16.3. The monoisotopic (exact) mass is 317 g/mol. The zero-order valence-corrected chi connectivity index (χ0v) is 13.4. The van der Waals surface area contributed by atoms with E-state index >= 15 is 0 Å². The first-order valence-electron chi connectivity index (χ1n) is 8.12. The van der Waals surface area contributed by atoms with E-state index in [9.17, 15) is 4.79 Å². The lowest BCUT2D eigenvalue weighted by Crippen LogP contribution is -2.52. The second-order valence-electron chi connectivity index (χ2n) is 5.98. The second kappa shape index (κ2) is 7.41. The van der Waals surface area contributed by atoms with Crippen LogP contribution in [0, 0.1) is 0 Å². The number of piperidine rings is 1. The molecule has 2 aromatic heterocycles. The number of hydrogen-bond donors (Lipinski definition) is 1. The van der Waals surface area contributed by atoms with Crippen LogP contribution in [0.5, 0.6) is 0 Å². The fourth-order valence-electron chi connectivity index (χ4n) is 3.16. The summed E-state index contributed by atoms with van der Waals surface area (Å²) in [7, 11) is 0. The van der Waals surface area contributed by atoms with Crippen LogP contribution in [0.25, 0.3) is 0 Å². The first-order valence-corrected chi connectivity index (χ1v) is 8.12. The summed E-state index contributed by atoms with van der Waals surface area (Å²) in [5.74, 6) is 0.801. The van der Waals surface area contributed by atoms with Crippen molar-refractivity contribution in [2.24, 2.45) is 0 Å². The van der Waals surface area contributed by atoms with Gasteiger partial charge in [-0.05, 0) is 38.4 Å². The summed E-state index contributed by atoms with van der Waals surface area (Å²) in [5.41, 5.74) is 0. The first-order chi connectivity index (χ1) is 11.2. The Labute approximate surface area is 135 Å². The summed E-state index contributed by atoms with van der Waals surface area (Å²) in [6.45, 7) is 4.11. The van der Waals surface area contributed by atoms with E-state index < -0.39 is 0 Å². The van der Waals surface area contributed by atoms with E-state index in [0.717, 1.165) is 31.7 Å². The van der Waals surface area contributed by atoms with Gasteiger partial charge in [-0.15, -0.1) is 0 Å². The van der Waals surface area contributed by atoms with Gasteiger partial charge in [0, 0.05) is 6.04 Å². The van der Waals surface area contributed by atoms with Gasteiger partial charge >= 0.3 is 0 Å². The maximum Gasteiger partial charge on any atom is 0.237 e. The first kappa shape index (κ1) is 15.7. The molecular formula is C16H23N5O2. The Morgan fingerprint density at radius 3 is 3.17 bits per heavy atom. The minimum absolute atomic E-state index is 0.0342. The van der Waals surface area contributed by atoms with Gasteiger partial charge < -0.3 is 9.73 Å². The van der Waals surface area contributed by atoms with Crippen LogP contribution in [0.15, 0.2) is 35.5 Å². The molecule has 1 aliphatic rings. The van der Waals surface area contributed by atoms with E-state index in [1.807, 2.05) is 23.7 Å². The fourth-order valence-corrected chi connectivity index (χ4v) is 3.16. The topological polar surface area (TPSA) is 76.2 Å². The average molecular weight is 317 g/mol. The predicted octanol–water partition coefficient (Wildman–Crippen LogP) is 1.43. The number of furan rings is 1. The average Bonchev–Trinajstić information content (AvgIpc) is 3.26. The number of hydrogen-bond acceptors (Lipinski definition) is 5. The van der Waals surface area contributed by atoms with Crippen molar-refractivity contribution < 1.29 is 9.21 Å². The van der Waals surface area contributed by atoms with Gasteiger partial charge in [0.05, 0.1) is 25.4 Å². The summed E-state index contributed by atoms with van der Waals surface area (Å²) >= 11 is 0. The quantitative estimate of drug-likeness (QED) is 0.872. The number of amides is 1. The van der Waals surface area contributed by atoms with E-state index in [1.54, 1.807) is 18.9 Å². The van der Waals surface area contributed by atoms with Crippen LogP contribution in [0.1, 0.15) is 31.9 Å². The molecule has 0 saturated carbocycles. The van der Waals surface area contributed by atoms with Crippen LogP contribution in [-0.2, 0) is 17.9 Å². The van der Waals surface area contributed by atoms with Gasteiger partial charge in [0.1, 0.15) is 18.4 Å². The molecule has 3 rings (SSSR count). The van der Waals surface area contributed by atoms with Crippen LogP contribution in [0.4, 0.5) is 0 Å². The number of carbonyl (C=O) groups excluding carboxylic acids is 1. The summed E-state index contributed by atoms with van der Waals surface area (Å²) in [4.78, 5) is 18.7. The minimum Gasteiger partial charge on any atom is -0.467 e. The van der Waals surface area contributed by atoms with Gasteiger partial charge in [-0.1, -0.05) is 6.42 Å². The third-order valence-corrected chi connectivity index (χ3v) is 4.43. The standard InChI is InChI=1S/C16H23N5O2/c1-13(16(22)18-9-15-6-4-8-23-15)21-7-3-2-5-14(21)10-20-12-17-11-19-20/h4,6,8,11-14H,2-3,5,7,9-10H2,1H3,(H,18,22). The molecule has 7 heteroatoms. The van der Waals surface area contributed by atoms with Gasteiger partial charge in [-0.2, -0.15) is 5.10 Å². The molecule has 1 saturated heterocycles. The lowest BCUT2D eigenvalue weighted by Gasteiger charge is -2.39. The molecule has 0 radical (unpaired) electrons. The maximum atomic E-state index is 12.5. The van der Waals surface area contributed by atoms with Gasteiger partial charge in [0.15, 0.2) is 0 Å². The SMILES string of the molecule is CC(C(=O)NCc1ccco1)N1CCCCC1Cn1cncn1. The smallest absolute Gasteiger partial charge is 0.237 e. The van der Waals surface area contributed by atoms with Crippen molar-refractivity contribution in [3.63, 3.8) is 0 Å². The van der Waals surface area contributed by atoms with Gasteiger partial charge in [-0.25, -0.2) is 4.98 Å². The predicted molar refractivity (Wildman–Crippen MR) is 84.4 cm³/mol. The molecule has 2 aromatic rings. The van der Waals surface area contributed by atoms with Gasteiger partial charge in [0.25, 0.3) is 0 Å². The van der Waals surface area contributed by atoms with E-state index in [-0.39, 0.29) is 11.9 Å². The molecule has 7 nitrogen and oxygen atoms in total. The van der Waals surface area contributed by atoms with Crippen molar-refractivity contribution >= 4 is 5.91 Å². The largest absolute Gasteiger partial charge is 0.467 e. The van der Waals surface area contributed by atoms with Gasteiger partial charge in [0.2, 0.25) is 5.91 Å². The van der Waals surface area contributed by atoms with Crippen molar-refractivity contribution in [1.82, 2.24) is 25.0 Å². The van der Waals surface area contributed by atoms with Crippen molar-refractivity contribution in [2.75, 3.05) is 6.54 Å². The van der Waals surface area contributed by atoms with Crippen LogP contribution in [0.2, 0.25) is 0 Å². The highest BCUT2D eigenvalue weighted by molar-refractivity contribution is 5.81. The zero-order valence-electron chi connectivity index (χ0n) is 13.4. The Bertz CT molecular complexity index is 596. The lowest BCUT2D eigenvalue weighted by atomic mass is 9.99.